The monoisotopic (exact) mass is 450 g/mol. The zero-order valence-electron chi connectivity index (χ0n) is 17.7. The predicted octanol–water partition coefficient (Wildman–Crippen LogP) is 4.77. The molecule has 4 rings (SSSR count). The summed E-state index contributed by atoms with van der Waals surface area (Å²) in [7, 11) is 0. The number of benzene rings is 2. The zero-order valence-corrected chi connectivity index (χ0v) is 17.7. The van der Waals surface area contributed by atoms with Crippen molar-refractivity contribution < 1.29 is 28.2 Å². The van der Waals surface area contributed by atoms with Crippen molar-refractivity contribution in [3.63, 3.8) is 0 Å². The quantitative estimate of drug-likeness (QED) is 0.332. The van der Waals surface area contributed by atoms with Crippen molar-refractivity contribution in [1.82, 2.24) is 4.98 Å². The number of carbonyl (C=O) groups is 2. The molecule has 33 heavy (non-hydrogen) atoms. The minimum Gasteiger partial charge on any atom is -0.507 e. The molecule has 168 valence electrons. The maximum Gasteiger partial charge on any atom is 0.300 e. The van der Waals surface area contributed by atoms with E-state index in [9.17, 15) is 23.5 Å². The Morgan fingerprint density at radius 2 is 1.73 bits per heavy atom. The van der Waals surface area contributed by atoms with Gasteiger partial charge in [-0.15, -0.1) is 0 Å². The number of hydrogen-bond acceptors (Lipinski definition) is 5. The van der Waals surface area contributed by atoms with E-state index in [-0.39, 0.29) is 17.0 Å². The first-order valence-corrected chi connectivity index (χ1v) is 10.3. The lowest BCUT2D eigenvalue weighted by molar-refractivity contribution is -0.132. The van der Waals surface area contributed by atoms with Gasteiger partial charge in [0.15, 0.2) is 11.6 Å². The molecular weight excluding hydrogens is 430 g/mol. The number of anilines is 1. The first kappa shape index (κ1) is 22.1. The summed E-state index contributed by atoms with van der Waals surface area (Å²) in [5, 5.41) is 11.1. The van der Waals surface area contributed by atoms with Gasteiger partial charge in [-0.2, -0.15) is 0 Å². The number of carbonyl (C=O) groups excluding carboxylic acids is 2. The Hall–Kier alpha value is -4.07. The second-order valence-electron chi connectivity index (χ2n) is 7.42. The Kier molecular flexibility index (Phi) is 6.17. The number of aliphatic hydroxyl groups excluding tert-OH is 1. The number of pyridine rings is 1. The highest BCUT2D eigenvalue weighted by Gasteiger charge is 2.47. The fraction of sp³-hybridized carbons (Fsp3) is 0.160. The maximum atomic E-state index is 14.0. The third-order valence-corrected chi connectivity index (χ3v) is 5.25. The van der Waals surface area contributed by atoms with Gasteiger partial charge in [0.2, 0.25) is 0 Å². The lowest BCUT2D eigenvalue weighted by Gasteiger charge is -2.25. The molecule has 8 heteroatoms. The molecule has 1 saturated heterocycles. The van der Waals surface area contributed by atoms with Gasteiger partial charge in [-0.3, -0.25) is 19.5 Å². The molecule has 0 radical (unpaired) electrons. The molecule has 3 aromatic rings. The van der Waals surface area contributed by atoms with Crippen LogP contribution in [0, 0.1) is 11.6 Å². The largest absolute Gasteiger partial charge is 0.507 e. The number of ether oxygens (including phenoxy) is 1. The molecule has 1 unspecified atom stereocenters. The summed E-state index contributed by atoms with van der Waals surface area (Å²) >= 11 is 0. The van der Waals surface area contributed by atoms with Crippen molar-refractivity contribution in [2.45, 2.75) is 19.4 Å². The predicted molar refractivity (Wildman–Crippen MR) is 118 cm³/mol. The Morgan fingerprint density at radius 3 is 2.36 bits per heavy atom. The standard InChI is InChI=1S/C25H20F2N2O4/c1-2-13-33-18-6-3-16(4-7-18)23(30)21-22(15-9-11-28-12-10-15)29(25(32)24(21)31)17-5-8-19(26)20(27)14-17/h3-12,14,22,30H,2,13H2,1H3/b23-21+. The first-order chi connectivity index (χ1) is 15.9. The molecule has 2 aromatic carbocycles. The molecule has 1 atom stereocenters. The number of aliphatic hydroxyl groups is 1. The molecule has 1 N–H and O–H groups in total. The van der Waals surface area contributed by atoms with Crippen LogP contribution in [0.15, 0.2) is 72.6 Å². The third-order valence-electron chi connectivity index (χ3n) is 5.25. The van der Waals surface area contributed by atoms with E-state index < -0.39 is 29.4 Å². The van der Waals surface area contributed by atoms with Gasteiger partial charge in [-0.25, -0.2) is 8.78 Å². The molecule has 0 saturated carbocycles. The van der Waals surface area contributed by atoms with E-state index in [0.29, 0.717) is 23.5 Å². The molecule has 1 fully saturated rings. The number of Topliss-reactive ketones (excluding diaryl/α,β-unsaturated/α-hetero) is 1. The number of hydrogen-bond donors (Lipinski definition) is 1. The topological polar surface area (TPSA) is 79.7 Å². The van der Waals surface area contributed by atoms with Crippen LogP contribution in [0.2, 0.25) is 0 Å². The Bertz CT molecular complexity index is 1230. The average molecular weight is 450 g/mol. The normalized spacial score (nSPS) is 17.4. The molecular formula is C25H20F2N2O4. The molecule has 1 aromatic heterocycles. The van der Waals surface area contributed by atoms with E-state index >= 15 is 0 Å². The number of nitrogens with zero attached hydrogens (tertiary/aromatic N) is 2. The van der Waals surface area contributed by atoms with Crippen molar-refractivity contribution in [1.29, 1.82) is 0 Å². The van der Waals surface area contributed by atoms with Crippen molar-refractivity contribution in [2.24, 2.45) is 0 Å². The van der Waals surface area contributed by atoms with Gasteiger partial charge in [0.05, 0.1) is 18.2 Å². The molecule has 1 aliphatic rings. The highest BCUT2D eigenvalue weighted by Crippen LogP contribution is 2.42. The third kappa shape index (κ3) is 4.19. The van der Waals surface area contributed by atoms with Crippen LogP contribution in [0.3, 0.4) is 0 Å². The minimum atomic E-state index is -1.16. The number of ketones is 1. The van der Waals surface area contributed by atoms with Crippen LogP contribution in [-0.4, -0.2) is 28.4 Å². The van der Waals surface area contributed by atoms with Crippen LogP contribution in [0.25, 0.3) is 5.76 Å². The van der Waals surface area contributed by atoms with E-state index in [1.165, 1.54) is 18.5 Å². The van der Waals surface area contributed by atoms with Gasteiger partial charge in [0.1, 0.15) is 11.5 Å². The lowest BCUT2D eigenvalue weighted by Crippen LogP contribution is -2.29. The van der Waals surface area contributed by atoms with Gasteiger partial charge >= 0.3 is 0 Å². The molecule has 0 aliphatic carbocycles. The summed E-state index contributed by atoms with van der Waals surface area (Å²) in [5.74, 6) is -3.94. The van der Waals surface area contributed by atoms with Crippen LogP contribution >= 0.6 is 0 Å². The lowest BCUT2D eigenvalue weighted by atomic mass is 9.95. The second kappa shape index (κ2) is 9.20. The van der Waals surface area contributed by atoms with Gasteiger partial charge in [0, 0.05) is 29.7 Å². The average Bonchev–Trinajstić information content (AvgIpc) is 3.10. The number of aromatic nitrogens is 1. The van der Waals surface area contributed by atoms with E-state index in [1.54, 1.807) is 36.4 Å². The number of halogens is 2. The summed E-state index contributed by atoms with van der Waals surface area (Å²) in [6.45, 7) is 2.51. The number of amides is 1. The van der Waals surface area contributed by atoms with Crippen molar-refractivity contribution in [3.8, 4) is 5.75 Å². The van der Waals surface area contributed by atoms with Crippen LogP contribution in [-0.2, 0) is 9.59 Å². The fourth-order valence-corrected chi connectivity index (χ4v) is 3.68. The van der Waals surface area contributed by atoms with Crippen molar-refractivity contribution in [2.75, 3.05) is 11.5 Å². The zero-order chi connectivity index (χ0) is 23.5. The van der Waals surface area contributed by atoms with E-state index in [4.69, 9.17) is 4.74 Å². The van der Waals surface area contributed by atoms with Crippen LogP contribution < -0.4 is 9.64 Å². The smallest absolute Gasteiger partial charge is 0.300 e. The van der Waals surface area contributed by atoms with Gasteiger partial charge in [-0.05, 0) is 60.5 Å². The van der Waals surface area contributed by atoms with Gasteiger partial charge in [0.25, 0.3) is 11.7 Å². The summed E-state index contributed by atoms with van der Waals surface area (Å²) in [6, 6.07) is 11.5. The fourth-order valence-electron chi connectivity index (χ4n) is 3.68. The van der Waals surface area contributed by atoms with E-state index in [0.717, 1.165) is 23.5 Å². The van der Waals surface area contributed by atoms with Crippen molar-refractivity contribution >= 4 is 23.1 Å². The highest BCUT2D eigenvalue weighted by atomic mass is 19.2. The SMILES string of the molecule is CCCOc1ccc(/C(O)=C2\C(=O)C(=O)N(c3ccc(F)c(F)c3)C2c2ccncc2)cc1. The second-order valence-corrected chi connectivity index (χ2v) is 7.42. The highest BCUT2D eigenvalue weighted by molar-refractivity contribution is 6.51. The maximum absolute atomic E-state index is 14.0. The minimum absolute atomic E-state index is 0.0137. The van der Waals surface area contributed by atoms with Crippen molar-refractivity contribution in [3.05, 3.63) is 95.3 Å². The molecule has 1 aliphatic heterocycles. The molecule has 2 heterocycles. The van der Waals surface area contributed by atoms with Gasteiger partial charge in [-0.1, -0.05) is 6.92 Å². The van der Waals surface area contributed by atoms with Crippen LogP contribution in [0.1, 0.15) is 30.5 Å². The van der Waals surface area contributed by atoms with Crippen LogP contribution in [0.4, 0.5) is 14.5 Å². The molecule has 1 amide bonds. The van der Waals surface area contributed by atoms with Crippen LogP contribution in [0.5, 0.6) is 5.75 Å². The Morgan fingerprint density at radius 1 is 1.03 bits per heavy atom. The summed E-state index contributed by atoms with van der Waals surface area (Å²) < 4.78 is 33.0. The molecule has 6 nitrogen and oxygen atoms in total. The summed E-state index contributed by atoms with van der Waals surface area (Å²) in [4.78, 5) is 31.0. The summed E-state index contributed by atoms with van der Waals surface area (Å²) in [6.07, 6.45) is 3.78. The molecule has 0 spiro atoms. The van der Waals surface area contributed by atoms with E-state index in [1.807, 2.05) is 6.92 Å². The Labute approximate surface area is 188 Å². The summed E-state index contributed by atoms with van der Waals surface area (Å²) in [5.41, 5.74) is 0.595. The van der Waals surface area contributed by atoms with Gasteiger partial charge < -0.3 is 9.84 Å². The number of rotatable bonds is 6. The Balaban J connectivity index is 1.84. The molecule has 0 bridgehead atoms. The van der Waals surface area contributed by atoms with E-state index in [2.05, 4.69) is 4.98 Å². The first-order valence-electron chi connectivity index (χ1n) is 10.3.